The van der Waals surface area contributed by atoms with Gasteiger partial charge in [0.15, 0.2) is 0 Å². The molecular formula is C12H23N3O2. The molecule has 0 bridgehead atoms. The molecule has 2 aliphatic rings. The maximum Gasteiger partial charge on any atom is 0.317 e. The second kappa shape index (κ2) is 5.69. The standard InChI is InChI=1S/C12H23N3O2/c1-3-14-5-6-15(8-10(14)2)12(16)13-11-4-7-17-9-11/h10-11H,3-9H2,1-2H3,(H,13,16). The number of carbonyl (C=O) groups excluding carboxylic acids is 1. The molecule has 2 aliphatic heterocycles. The molecule has 1 N–H and O–H groups in total. The van der Waals surface area contributed by atoms with Gasteiger partial charge in [-0.25, -0.2) is 4.79 Å². The van der Waals surface area contributed by atoms with Crippen LogP contribution in [0.5, 0.6) is 0 Å². The number of nitrogens with zero attached hydrogens (tertiary/aromatic N) is 2. The predicted molar refractivity (Wildman–Crippen MR) is 66.0 cm³/mol. The molecule has 2 amide bonds. The van der Waals surface area contributed by atoms with Gasteiger partial charge >= 0.3 is 6.03 Å². The largest absolute Gasteiger partial charge is 0.379 e. The van der Waals surface area contributed by atoms with Gasteiger partial charge in [0.2, 0.25) is 0 Å². The molecule has 5 heteroatoms. The first-order valence-electron chi connectivity index (χ1n) is 6.58. The van der Waals surface area contributed by atoms with Gasteiger partial charge in [-0.1, -0.05) is 6.92 Å². The molecule has 0 saturated carbocycles. The van der Waals surface area contributed by atoms with Crippen LogP contribution in [0.4, 0.5) is 4.79 Å². The Kier molecular flexibility index (Phi) is 4.23. The van der Waals surface area contributed by atoms with Crippen molar-refractivity contribution < 1.29 is 9.53 Å². The molecule has 2 unspecified atom stereocenters. The molecule has 2 heterocycles. The summed E-state index contributed by atoms with van der Waals surface area (Å²) in [6.45, 7) is 9.48. The summed E-state index contributed by atoms with van der Waals surface area (Å²) in [5.74, 6) is 0. The molecule has 2 fully saturated rings. The predicted octanol–water partition coefficient (Wildman–Crippen LogP) is 0.511. The molecule has 0 spiro atoms. The highest BCUT2D eigenvalue weighted by Crippen LogP contribution is 2.10. The molecule has 0 aromatic carbocycles. The van der Waals surface area contributed by atoms with E-state index in [0.29, 0.717) is 12.6 Å². The summed E-state index contributed by atoms with van der Waals surface area (Å²) in [6.07, 6.45) is 0.941. The number of nitrogens with one attached hydrogen (secondary N) is 1. The fourth-order valence-corrected chi connectivity index (χ4v) is 2.56. The summed E-state index contributed by atoms with van der Waals surface area (Å²) in [7, 11) is 0. The van der Waals surface area contributed by atoms with Gasteiger partial charge in [-0.05, 0) is 19.9 Å². The van der Waals surface area contributed by atoms with Crippen molar-refractivity contribution in [1.29, 1.82) is 0 Å². The molecule has 2 saturated heterocycles. The van der Waals surface area contributed by atoms with E-state index in [9.17, 15) is 4.79 Å². The van der Waals surface area contributed by atoms with Crippen LogP contribution in [0, 0.1) is 0 Å². The van der Waals surface area contributed by atoms with Crippen molar-refractivity contribution in [1.82, 2.24) is 15.1 Å². The maximum absolute atomic E-state index is 12.0. The molecule has 0 aromatic rings. The van der Waals surface area contributed by atoms with Gasteiger partial charge in [0.1, 0.15) is 0 Å². The number of carbonyl (C=O) groups is 1. The van der Waals surface area contributed by atoms with E-state index < -0.39 is 0 Å². The number of ether oxygens (including phenoxy) is 1. The SMILES string of the molecule is CCN1CCN(C(=O)NC2CCOC2)CC1C. The number of urea groups is 1. The van der Waals surface area contributed by atoms with Gasteiger partial charge in [-0.15, -0.1) is 0 Å². The zero-order chi connectivity index (χ0) is 12.3. The van der Waals surface area contributed by atoms with Crippen molar-refractivity contribution in [2.45, 2.75) is 32.4 Å². The van der Waals surface area contributed by atoms with Crippen molar-refractivity contribution in [3.63, 3.8) is 0 Å². The fraction of sp³-hybridized carbons (Fsp3) is 0.917. The molecule has 2 rings (SSSR count). The van der Waals surface area contributed by atoms with Gasteiger partial charge in [-0.3, -0.25) is 4.90 Å². The van der Waals surface area contributed by atoms with Crippen LogP contribution in [0.2, 0.25) is 0 Å². The van der Waals surface area contributed by atoms with Gasteiger partial charge in [0.25, 0.3) is 0 Å². The maximum atomic E-state index is 12.0. The van der Waals surface area contributed by atoms with E-state index in [1.807, 2.05) is 4.90 Å². The minimum Gasteiger partial charge on any atom is -0.379 e. The second-order valence-electron chi connectivity index (χ2n) is 4.93. The first-order chi connectivity index (χ1) is 8.20. The lowest BCUT2D eigenvalue weighted by Crippen LogP contribution is -2.56. The van der Waals surface area contributed by atoms with Crippen molar-refractivity contribution in [2.24, 2.45) is 0 Å². The van der Waals surface area contributed by atoms with Crippen LogP contribution in [0.1, 0.15) is 20.3 Å². The van der Waals surface area contributed by atoms with Crippen molar-refractivity contribution >= 4 is 6.03 Å². The van der Waals surface area contributed by atoms with Gasteiger partial charge in [0.05, 0.1) is 12.6 Å². The molecule has 17 heavy (non-hydrogen) atoms. The number of hydrogen-bond acceptors (Lipinski definition) is 3. The monoisotopic (exact) mass is 241 g/mol. The molecule has 0 aliphatic carbocycles. The Morgan fingerprint density at radius 2 is 2.29 bits per heavy atom. The Hall–Kier alpha value is -0.810. The zero-order valence-electron chi connectivity index (χ0n) is 10.8. The number of rotatable bonds is 2. The molecule has 2 atom stereocenters. The minimum absolute atomic E-state index is 0.0723. The quantitative estimate of drug-likeness (QED) is 0.766. The van der Waals surface area contributed by atoms with Crippen LogP contribution in [0.3, 0.4) is 0 Å². The normalized spacial score (nSPS) is 30.6. The molecule has 0 radical (unpaired) electrons. The number of hydrogen-bond donors (Lipinski definition) is 1. The average molecular weight is 241 g/mol. The van der Waals surface area contributed by atoms with Crippen LogP contribution in [-0.2, 0) is 4.74 Å². The van der Waals surface area contributed by atoms with Crippen LogP contribution in [0.15, 0.2) is 0 Å². The highest BCUT2D eigenvalue weighted by atomic mass is 16.5. The lowest BCUT2D eigenvalue weighted by Gasteiger charge is -2.39. The van der Waals surface area contributed by atoms with Crippen molar-refractivity contribution in [3.8, 4) is 0 Å². The summed E-state index contributed by atoms with van der Waals surface area (Å²) in [4.78, 5) is 16.4. The van der Waals surface area contributed by atoms with E-state index in [-0.39, 0.29) is 12.1 Å². The van der Waals surface area contributed by atoms with Gasteiger partial charge in [-0.2, -0.15) is 0 Å². The Bertz CT molecular complexity index is 266. The van der Waals surface area contributed by atoms with E-state index >= 15 is 0 Å². The summed E-state index contributed by atoms with van der Waals surface area (Å²) in [5.41, 5.74) is 0. The summed E-state index contributed by atoms with van der Waals surface area (Å²) < 4.78 is 5.26. The smallest absolute Gasteiger partial charge is 0.317 e. The number of amides is 2. The third kappa shape index (κ3) is 3.10. The highest BCUT2D eigenvalue weighted by molar-refractivity contribution is 5.74. The van der Waals surface area contributed by atoms with Crippen LogP contribution in [-0.4, -0.2) is 67.3 Å². The van der Waals surface area contributed by atoms with E-state index in [0.717, 1.165) is 39.2 Å². The van der Waals surface area contributed by atoms with Crippen LogP contribution >= 0.6 is 0 Å². The Balaban J connectivity index is 1.80. The highest BCUT2D eigenvalue weighted by Gasteiger charge is 2.27. The van der Waals surface area contributed by atoms with Crippen molar-refractivity contribution in [3.05, 3.63) is 0 Å². The molecule has 98 valence electrons. The zero-order valence-corrected chi connectivity index (χ0v) is 10.8. The van der Waals surface area contributed by atoms with E-state index in [4.69, 9.17) is 4.74 Å². The van der Waals surface area contributed by atoms with Crippen LogP contribution < -0.4 is 5.32 Å². The lowest BCUT2D eigenvalue weighted by atomic mass is 10.2. The Morgan fingerprint density at radius 3 is 2.88 bits per heavy atom. The second-order valence-corrected chi connectivity index (χ2v) is 4.93. The van der Waals surface area contributed by atoms with Gasteiger partial charge in [0, 0.05) is 32.3 Å². The summed E-state index contributed by atoms with van der Waals surface area (Å²) in [5, 5.41) is 3.05. The summed E-state index contributed by atoms with van der Waals surface area (Å²) in [6, 6.07) is 0.740. The molecular weight excluding hydrogens is 218 g/mol. The molecule has 0 aromatic heterocycles. The van der Waals surface area contributed by atoms with E-state index in [1.54, 1.807) is 0 Å². The third-order valence-electron chi connectivity index (χ3n) is 3.72. The summed E-state index contributed by atoms with van der Waals surface area (Å²) >= 11 is 0. The Labute approximate surface area is 103 Å². The van der Waals surface area contributed by atoms with Crippen LogP contribution in [0.25, 0.3) is 0 Å². The average Bonchev–Trinajstić information content (AvgIpc) is 2.81. The topological polar surface area (TPSA) is 44.8 Å². The van der Waals surface area contributed by atoms with E-state index in [1.165, 1.54) is 0 Å². The fourth-order valence-electron chi connectivity index (χ4n) is 2.56. The lowest BCUT2D eigenvalue weighted by molar-refractivity contribution is 0.100. The third-order valence-corrected chi connectivity index (χ3v) is 3.72. The first kappa shape index (κ1) is 12.6. The number of piperazine rings is 1. The minimum atomic E-state index is 0.0723. The van der Waals surface area contributed by atoms with Gasteiger partial charge < -0.3 is 15.0 Å². The first-order valence-corrected chi connectivity index (χ1v) is 6.58. The van der Waals surface area contributed by atoms with Crippen molar-refractivity contribution in [2.75, 3.05) is 39.4 Å². The van der Waals surface area contributed by atoms with E-state index in [2.05, 4.69) is 24.1 Å². The number of likely N-dealkylation sites (N-methyl/N-ethyl adjacent to an activating group) is 1. The Morgan fingerprint density at radius 1 is 1.47 bits per heavy atom. The molecule has 5 nitrogen and oxygen atoms in total.